The van der Waals surface area contributed by atoms with Crippen LogP contribution in [0.4, 0.5) is 10.9 Å². The van der Waals surface area contributed by atoms with Gasteiger partial charge in [-0.25, -0.2) is 4.98 Å². The van der Waals surface area contributed by atoms with Crippen LogP contribution in [0, 0.1) is 0 Å². The van der Waals surface area contributed by atoms with Gasteiger partial charge in [0.1, 0.15) is 10.7 Å². The molecule has 2 rings (SSSR count). The molecule has 0 radical (unpaired) electrons. The molecule has 1 aliphatic heterocycles. The van der Waals surface area contributed by atoms with E-state index in [4.69, 9.17) is 5.73 Å². The molecule has 0 aromatic carbocycles. The van der Waals surface area contributed by atoms with Crippen molar-refractivity contribution in [1.29, 1.82) is 0 Å². The first-order valence-corrected chi connectivity index (χ1v) is 7.52. The molecule has 0 spiro atoms. The van der Waals surface area contributed by atoms with E-state index in [2.05, 4.69) is 31.1 Å². The molecule has 0 atom stereocenters. The number of hydrogen-bond acceptors (Lipinski definition) is 5. The summed E-state index contributed by atoms with van der Waals surface area (Å²) in [5, 5.41) is 3.97. The fourth-order valence-electron chi connectivity index (χ4n) is 2.10. The maximum atomic E-state index is 12.4. The number of nitrogens with two attached hydrogens (primary N) is 1. The van der Waals surface area contributed by atoms with E-state index >= 15 is 0 Å². The summed E-state index contributed by atoms with van der Waals surface area (Å²) in [5.74, 6) is 0.365. The molecule has 0 bridgehead atoms. The molecular formula is C13H22N4OS. The maximum Gasteiger partial charge on any atom is 0.267 e. The first-order valence-electron chi connectivity index (χ1n) is 6.70. The third kappa shape index (κ3) is 3.59. The Hall–Kier alpha value is -1.30. The Bertz CT molecular complexity index is 458. The molecule has 106 valence electrons. The first kappa shape index (κ1) is 14.1. The van der Waals surface area contributed by atoms with Crippen LogP contribution in [-0.4, -0.2) is 34.4 Å². The van der Waals surface area contributed by atoms with Crippen LogP contribution in [0.25, 0.3) is 0 Å². The van der Waals surface area contributed by atoms with Gasteiger partial charge in [0.2, 0.25) is 0 Å². The Morgan fingerprint density at radius 3 is 2.53 bits per heavy atom. The van der Waals surface area contributed by atoms with Crippen molar-refractivity contribution in [1.82, 2.24) is 9.88 Å². The van der Waals surface area contributed by atoms with Crippen LogP contribution in [0.5, 0.6) is 0 Å². The number of nitrogen functional groups attached to an aromatic ring is 1. The molecule has 1 aliphatic rings. The van der Waals surface area contributed by atoms with Gasteiger partial charge < -0.3 is 16.0 Å². The highest BCUT2D eigenvalue weighted by Gasteiger charge is 2.24. The zero-order valence-electron chi connectivity index (χ0n) is 11.8. The lowest BCUT2D eigenvalue weighted by molar-refractivity contribution is 0.0730. The Balaban J connectivity index is 2.13. The number of amides is 1. The summed E-state index contributed by atoms with van der Waals surface area (Å²) >= 11 is 1.35. The third-order valence-corrected chi connectivity index (χ3v) is 3.95. The van der Waals surface area contributed by atoms with Gasteiger partial charge in [-0.2, -0.15) is 0 Å². The molecule has 1 aromatic heterocycles. The second-order valence-corrected chi connectivity index (χ2v) is 6.96. The van der Waals surface area contributed by atoms with Gasteiger partial charge in [-0.3, -0.25) is 4.79 Å². The number of nitrogens with zero attached hydrogens (tertiary/aromatic N) is 2. The second kappa shape index (κ2) is 5.36. The van der Waals surface area contributed by atoms with Crippen LogP contribution in [0.1, 0.15) is 49.7 Å². The predicted octanol–water partition coefficient (Wildman–Crippen LogP) is 2.56. The van der Waals surface area contributed by atoms with Crippen LogP contribution in [0.15, 0.2) is 0 Å². The summed E-state index contributed by atoms with van der Waals surface area (Å²) in [6, 6.07) is 0. The van der Waals surface area contributed by atoms with Gasteiger partial charge in [0.05, 0.1) is 0 Å². The van der Waals surface area contributed by atoms with Crippen LogP contribution >= 0.6 is 11.3 Å². The van der Waals surface area contributed by atoms with E-state index < -0.39 is 0 Å². The van der Waals surface area contributed by atoms with E-state index in [0.29, 0.717) is 15.8 Å². The van der Waals surface area contributed by atoms with Gasteiger partial charge in [-0.15, -0.1) is 0 Å². The fourth-order valence-corrected chi connectivity index (χ4v) is 3.16. The highest BCUT2D eigenvalue weighted by molar-refractivity contribution is 7.18. The highest BCUT2D eigenvalue weighted by atomic mass is 32.1. The molecule has 1 fully saturated rings. The van der Waals surface area contributed by atoms with Crippen molar-refractivity contribution in [2.45, 2.75) is 45.6 Å². The maximum absolute atomic E-state index is 12.4. The number of nitrogens with one attached hydrogen (secondary N) is 1. The topological polar surface area (TPSA) is 71.2 Å². The number of carbonyl (C=O) groups is 1. The van der Waals surface area contributed by atoms with E-state index in [-0.39, 0.29) is 11.4 Å². The lowest BCUT2D eigenvalue weighted by atomic mass is 10.1. The van der Waals surface area contributed by atoms with Crippen molar-refractivity contribution >= 4 is 28.2 Å². The molecule has 0 aliphatic carbocycles. The van der Waals surface area contributed by atoms with Gasteiger partial charge in [0.15, 0.2) is 5.13 Å². The minimum absolute atomic E-state index is 0.0247. The monoisotopic (exact) mass is 282 g/mol. The Morgan fingerprint density at radius 1 is 1.32 bits per heavy atom. The van der Waals surface area contributed by atoms with Crippen molar-refractivity contribution in [3.8, 4) is 0 Å². The molecule has 1 amide bonds. The van der Waals surface area contributed by atoms with Gasteiger partial charge in [-0.05, 0) is 40.0 Å². The number of piperidine rings is 1. The van der Waals surface area contributed by atoms with E-state index in [0.717, 1.165) is 25.9 Å². The molecule has 0 saturated carbocycles. The van der Waals surface area contributed by atoms with E-state index in [1.807, 2.05) is 4.90 Å². The molecular weight excluding hydrogens is 260 g/mol. The largest absolute Gasteiger partial charge is 0.382 e. The average molecular weight is 282 g/mol. The molecule has 2 heterocycles. The quantitative estimate of drug-likeness (QED) is 0.874. The summed E-state index contributed by atoms with van der Waals surface area (Å²) in [6.07, 6.45) is 3.37. The smallest absolute Gasteiger partial charge is 0.267 e. The number of anilines is 2. The normalized spacial score (nSPS) is 16.5. The second-order valence-electron chi connectivity index (χ2n) is 5.96. The summed E-state index contributed by atoms with van der Waals surface area (Å²) < 4.78 is 0. The van der Waals surface area contributed by atoms with Crippen LogP contribution < -0.4 is 11.1 Å². The number of rotatable bonds is 2. The fraction of sp³-hybridized carbons (Fsp3) is 0.692. The third-order valence-electron chi connectivity index (χ3n) is 2.97. The molecule has 6 heteroatoms. The van der Waals surface area contributed by atoms with Gasteiger partial charge in [0.25, 0.3) is 5.91 Å². The predicted molar refractivity (Wildman–Crippen MR) is 79.7 cm³/mol. The zero-order valence-corrected chi connectivity index (χ0v) is 12.6. The molecule has 0 unspecified atom stereocenters. The summed E-state index contributed by atoms with van der Waals surface area (Å²) in [5.41, 5.74) is 5.79. The number of aromatic nitrogens is 1. The highest BCUT2D eigenvalue weighted by Crippen LogP contribution is 2.29. The Morgan fingerprint density at radius 2 is 1.95 bits per heavy atom. The van der Waals surface area contributed by atoms with E-state index in [9.17, 15) is 4.79 Å². The number of thiazole rings is 1. The summed E-state index contributed by atoms with van der Waals surface area (Å²) in [7, 11) is 0. The van der Waals surface area contributed by atoms with Gasteiger partial charge in [0, 0.05) is 18.6 Å². The van der Waals surface area contributed by atoms with Crippen molar-refractivity contribution < 1.29 is 4.79 Å². The molecule has 1 saturated heterocycles. The zero-order chi connectivity index (χ0) is 14.0. The van der Waals surface area contributed by atoms with Crippen molar-refractivity contribution in [3.05, 3.63) is 4.88 Å². The molecule has 3 N–H and O–H groups in total. The average Bonchev–Trinajstić information content (AvgIpc) is 2.68. The van der Waals surface area contributed by atoms with Crippen LogP contribution in [0.3, 0.4) is 0 Å². The van der Waals surface area contributed by atoms with E-state index in [1.54, 1.807) is 0 Å². The van der Waals surface area contributed by atoms with Gasteiger partial charge in [-0.1, -0.05) is 11.3 Å². The van der Waals surface area contributed by atoms with Crippen molar-refractivity contribution in [2.75, 3.05) is 24.1 Å². The minimum atomic E-state index is -0.0876. The number of hydrogen-bond donors (Lipinski definition) is 2. The molecule has 1 aromatic rings. The van der Waals surface area contributed by atoms with Crippen LogP contribution in [-0.2, 0) is 0 Å². The van der Waals surface area contributed by atoms with Crippen molar-refractivity contribution in [2.24, 2.45) is 0 Å². The Labute approximate surface area is 118 Å². The SMILES string of the molecule is CC(C)(C)Nc1nc(N)c(C(=O)N2CCCCC2)s1. The standard InChI is InChI=1S/C13H22N4OS/c1-13(2,3)16-12-15-10(14)9(19-12)11(18)17-7-5-4-6-8-17/h4-8,14H2,1-3H3,(H,15,16). The Kier molecular flexibility index (Phi) is 3.99. The number of likely N-dealkylation sites (tertiary alicyclic amines) is 1. The minimum Gasteiger partial charge on any atom is -0.382 e. The molecule has 19 heavy (non-hydrogen) atoms. The van der Waals surface area contributed by atoms with Crippen LogP contribution in [0.2, 0.25) is 0 Å². The lowest BCUT2D eigenvalue weighted by Crippen LogP contribution is -2.35. The lowest BCUT2D eigenvalue weighted by Gasteiger charge is -2.26. The first-order chi connectivity index (χ1) is 8.87. The summed E-state index contributed by atoms with van der Waals surface area (Å²) in [6.45, 7) is 7.82. The molecule has 5 nitrogen and oxygen atoms in total. The van der Waals surface area contributed by atoms with Gasteiger partial charge >= 0.3 is 0 Å². The summed E-state index contributed by atoms with van der Waals surface area (Å²) in [4.78, 5) is 19.1. The van der Waals surface area contributed by atoms with Crippen molar-refractivity contribution in [3.63, 3.8) is 0 Å². The number of carbonyl (C=O) groups excluding carboxylic acids is 1. The van der Waals surface area contributed by atoms with E-state index in [1.165, 1.54) is 17.8 Å².